The highest BCUT2D eigenvalue weighted by Gasteiger charge is 2.19. The van der Waals surface area contributed by atoms with E-state index in [-0.39, 0.29) is 31.1 Å². The van der Waals surface area contributed by atoms with E-state index in [0.717, 1.165) is 148 Å². The Hall–Kier alpha value is -4.19. The highest BCUT2D eigenvalue weighted by atomic mass is 16.6. The summed E-state index contributed by atoms with van der Waals surface area (Å²) in [5.41, 5.74) is 0. The molecule has 0 bridgehead atoms. The third-order valence-electron chi connectivity index (χ3n) is 13.2. The van der Waals surface area contributed by atoms with E-state index in [1.807, 2.05) is 0 Å². The van der Waals surface area contributed by atoms with Gasteiger partial charge in [-0.15, -0.1) is 0 Å². The third kappa shape index (κ3) is 60.7. The molecule has 0 aliphatic carbocycles. The van der Waals surface area contributed by atoms with Crippen molar-refractivity contribution in [1.29, 1.82) is 0 Å². The lowest BCUT2D eigenvalue weighted by Gasteiger charge is -2.18. The largest absolute Gasteiger partial charge is 0.462 e. The summed E-state index contributed by atoms with van der Waals surface area (Å²) < 4.78 is 16.9. The molecular weight excluding hydrogens is 937 g/mol. The van der Waals surface area contributed by atoms with Gasteiger partial charge in [-0.05, 0) is 128 Å². The molecule has 0 saturated heterocycles. The predicted octanol–water partition coefficient (Wildman–Crippen LogP) is 21.6. The number of carbonyl (C=O) groups is 3. The lowest BCUT2D eigenvalue weighted by molar-refractivity contribution is -0.167. The monoisotopic (exact) mass is 1050 g/mol. The molecular formula is C70H116O6. The average molecular weight is 1050 g/mol. The Kier molecular flexibility index (Phi) is 59.9. The van der Waals surface area contributed by atoms with Crippen LogP contribution in [0.4, 0.5) is 0 Å². The van der Waals surface area contributed by atoms with Crippen LogP contribution in [0.1, 0.15) is 284 Å². The summed E-state index contributed by atoms with van der Waals surface area (Å²) >= 11 is 0. The first-order valence-electron chi connectivity index (χ1n) is 31.5. The molecule has 1 unspecified atom stereocenters. The SMILES string of the molecule is CC/C=C\C/C=C\C/C=C\C/C=C\C/C=C\CCCCCCCCCCCC(=O)OCC(COC(=O)CCCCCCC/C=C\C/C=C\CCCCCC)OC(=O)CCCCCCCCC/C=C\C/C=C\C/C=C\CC. The van der Waals surface area contributed by atoms with Gasteiger partial charge in [0.05, 0.1) is 0 Å². The second-order valence-electron chi connectivity index (χ2n) is 20.5. The van der Waals surface area contributed by atoms with E-state index in [1.54, 1.807) is 0 Å². The van der Waals surface area contributed by atoms with Crippen molar-refractivity contribution in [2.24, 2.45) is 0 Å². The summed E-state index contributed by atoms with van der Waals surface area (Å²) in [6.07, 6.45) is 87.6. The normalized spacial score (nSPS) is 12.9. The topological polar surface area (TPSA) is 78.9 Å². The van der Waals surface area contributed by atoms with Gasteiger partial charge in [0.2, 0.25) is 0 Å². The first kappa shape index (κ1) is 71.8. The summed E-state index contributed by atoms with van der Waals surface area (Å²) in [4.78, 5) is 38.3. The molecule has 0 fully saturated rings. The Bertz CT molecular complexity index is 1590. The molecule has 0 saturated carbocycles. The molecule has 0 amide bonds. The van der Waals surface area contributed by atoms with Crippen molar-refractivity contribution in [2.45, 2.75) is 290 Å². The standard InChI is InChI=1S/C70H116O6/c1-4-7-10-13-16-19-22-25-28-31-32-33-34-35-36-37-38-40-42-45-48-51-54-57-60-63-69(72)75-66-67(65-74-68(71)62-59-56-53-50-47-44-41-30-27-24-21-18-15-12-9-6-3)76-70(73)64-61-58-55-52-49-46-43-39-29-26-23-20-17-14-11-8-5-2/h7-8,10-11,16-17,19-21,24-26,28-30,32-33,35-36,41,67H,4-6,9,12-15,18,22-23,27,31,34,37-40,42-66H2,1-3H3/b10-7-,11-8-,19-16-,20-17-,24-21-,28-25-,29-26-,33-32-,36-35-,41-30-. The zero-order chi connectivity index (χ0) is 55.0. The van der Waals surface area contributed by atoms with E-state index in [1.165, 1.54) is 96.3 Å². The Labute approximate surface area is 469 Å². The maximum atomic E-state index is 12.9. The van der Waals surface area contributed by atoms with Crippen LogP contribution in [0.5, 0.6) is 0 Å². The van der Waals surface area contributed by atoms with Crippen LogP contribution in [0.2, 0.25) is 0 Å². The van der Waals surface area contributed by atoms with Gasteiger partial charge in [0.15, 0.2) is 6.10 Å². The van der Waals surface area contributed by atoms with Crippen LogP contribution in [0.25, 0.3) is 0 Å². The first-order chi connectivity index (χ1) is 37.5. The van der Waals surface area contributed by atoms with Crippen LogP contribution in [0.15, 0.2) is 122 Å². The average Bonchev–Trinajstić information content (AvgIpc) is 3.42. The van der Waals surface area contributed by atoms with Crippen LogP contribution in [-0.4, -0.2) is 37.2 Å². The van der Waals surface area contributed by atoms with Gasteiger partial charge in [-0.25, -0.2) is 0 Å². The minimum atomic E-state index is -0.796. The fourth-order valence-electron chi connectivity index (χ4n) is 8.51. The van der Waals surface area contributed by atoms with Gasteiger partial charge >= 0.3 is 17.9 Å². The van der Waals surface area contributed by atoms with E-state index in [2.05, 4.69) is 142 Å². The lowest BCUT2D eigenvalue weighted by Crippen LogP contribution is -2.30. The van der Waals surface area contributed by atoms with E-state index in [4.69, 9.17) is 14.2 Å². The Morgan fingerprint density at radius 1 is 0.276 bits per heavy atom. The summed E-state index contributed by atoms with van der Waals surface area (Å²) in [5, 5.41) is 0. The Morgan fingerprint density at radius 2 is 0.513 bits per heavy atom. The predicted molar refractivity (Wildman–Crippen MR) is 330 cm³/mol. The number of carbonyl (C=O) groups excluding carboxylic acids is 3. The molecule has 0 aliphatic rings. The quantitative estimate of drug-likeness (QED) is 0.0261. The molecule has 1 atom stereocenters. The van der Waals surface area contributed by atoms with Gasteiger partial charge < -0.3 is 14.2 Å². The highest BCUT2D eigenvalue weighted by Crippen LogP contribution is 2.15. The molecule has 76 heavy (non-hydrogen) atoms. The molecule has 0 N–H and O–H groups in total. The van der Waals surface area contributed by atoms with Crippen LogP contribution >= 0.6 is 0 Å². The van der Waals surface area contributed by atoms with Crippen LogP contribution in [0.3, 0.4) is 0 Å². The summed E-state index contributed by atoms with van der Waals surface area (Å²) in [7, 11) is 0. The minimum absolute atomic E-state index is 0.0920. The smallest absolute Gasteiger partial charge is 0.306 e. The van der Waals surface area contributed by atoms with Crippen molar-refractivity contribution in [1.82, 2.24) is 0 Å². The highest BCUT2D eigenvalue weighted by molar-refractivity contribution is 5.71. The maximum absolute atomic E-state index is 12.9. The number of esters is 3. The number of ether oxygens (including phenoxy) is 3. The number of hydrogen-bond donors (Lipinski definition) is 0. The van der Waals surface area contributed by atoms with Crippen molar-refractivity contribution < 1.29 is 28.6 Å². The molecule has 0 aromatic rings. The molecule has 0 aromatic carbocycles. The fraction of sp³-hybridized carbons (Fsp3) is 0.671. The molecule has 0 aliphatic heterocycles. The summed E-state index contributed by atoms with van der Waals surface area (Å²) in [6.45, 7) is 6.39. The van der Waals surface area contributed by atoms with Crippen LogP contribution in [0, 0.1) is 0 Å². The van der Waals surface area contributed by atoms with Gasteiger partial charge in [-0.3, -0.25) is 14.4 Å². The van der Waals surface area contributed by atoms with Gasteiger partial charge in [-0.1, -0.05) is 258 Å². The zero-order valence-corrected chi connectivity index (χ0v) is 49.5. The summed E-state index contributed by atoms with van der Waals surface area (Å²) in [6, 6.07) is 0. The molecule has 432 valence electrons. The van der Waals surface area contributed by atoms with Crippen molar-refractivity contribution >= 4 is 17.9 Å². The zero-order valence-electron chi connectivity index (χ0n) is 49.5. The Morgan fingerprint density at radius 3 is 0.803 bits per heavy atom. The molecule has 0 heterocycles. The van der Waals surface area contributed by atoms with E-state index in [0.29, 0.717) is 19.3 Å². The first-order valence-corrected chi connectivity index (χ1v) is 31.5. The maximum Gasteiger partial charge on any atom is 0.306 e. The van der Waals surface area contributed by atoms with Crippen LogP contribution in [-0.2, 0) is 28.6 Å². The summed E-state index contributed by atoms with van der Waals surface area (Å²) in [5.74, 6) is -0.917. The molecule has 0 aromatic heterocycles. The third-order valence-corrected chi connectivity index (χ3v) is 13.2. The van der Waals surface area contributed by atoms with E-state index in [9.17, 15) is 14.4 Å². The second kappa shape index (κ2) is 63.3. The minimum Gasteiger partial charge on any atom is -0.462 e. The van der Waals surface area contributed by atoms with Crippen LogP contribution < -0.4 is 0 Å². The molecule has 6 heteroatoms. The van der Waals surface area contributed by atoms with Gasteiger partial charge in [0.1, 0.15) is 13.2 Å². The molecule has 6 nitrogen and oxygen atoms in total. The Balaban J connectivity index is 4.40. The molecule has 0 radical (unpaired) electrons. The number of hydrogen-bond acceptors (Lipinski definition) is 6. The van der Waals surface area contributed by atoms with Crippen molar-refractivity contribution in [3.05, 3.63) is 122 Å². The van der Waals surface area contributed by atoms with Gasteiger partial charge in [-0.2, -0.15) is 0 Å². The second-order valence-corrected chi connectivity index (χ2v) is 20.5. The van der Waals surface area contributed by atoms with Crippen molar-refractivity contribution in [3.63, 3.8) is 0 Å². The van der Waals surface area contributed by atoms with E-state index < -0.39 is 6.10 Å². The van der Waals surface area contributed by atoms with Gasteiger partial charge in [0, 0.05) is 19.3 Å². The van der Waals surface area contributed by atoms with Crippen molar-refractivity contribution in [3.8, 4) is 0 Å². The van der Waals surface area contributed by atoms with Crippen molar-refractivity contribution in [2.75, 3.05) is 13.2 Å². The molecule has 0 rings (SSSR count). The fourth-order valence-corrected chi connectivity index (χ4v) is 8.51. The lowest BCUT2D eigenvalue weighted by atomic mass is 10.1. The number of rotatable bonds is 56. The van der Waals surface area contributed by atoms with E-state index >= 15 is 0 Å². The number of unbranched alkanes of at least 4 members (excludes halogenated alkanes) is 25. The molecule has 0 spiro atoms. The van der Waals surface area contributed by atoms with Gasteiger partial charge in [0.25, 0.3) is 0 Å². The number of allylic oxidation sites excluding steroid dienone is 20.